The number of rotatable bonds is 3. The number of aryl methyl sites for hydroxylation is 1. The van der Waals surface area contributed by atoms with Crippen molar-refractivity contribution in [3.63, 3.8) is 0 Å². The van der Waals surface area contributed by atoms with Crippen molar-refractivity contribution in [2.75, 3.05) is 4.90 Å². The molecule has 1 aliphatic heterocycles. The Labute approximate surface area is 153 Å². The Bertz CT molecular complexity index is 942. The molecule has 1 amide bonds. The first-order valence-corrected chi connectivity index (χ1v) is 8.03. The van der Waals surface area contributed by atoms with Crippen LogP contribution in [-0.2, 0) is 4.79 Å². The van der Waals surface area contributed by atoms with E-state index in [1.54, 1.807) is 6.07 Å². The standard InChI is InChI=1S/C17H12ClN3O3S/c1-10-3-2-4-12(7-10)20-16(22)15(19-17(20)25)9-11-8-13(21(23)24)5-6-14(11)18/h2-9H,1H3,(H,19,25)/b15-9+. The van der Waals surface area contributed by atoms with E-state index >= 15 is 0 Å². The number of benzene rings is 2. The zero-order valence-corrected chi connectivity index (χ0v) is 14.6. The van der Waals surface area contributed by atoms with Crippen LogP contribution in [0, 0.1) is 17.0 Å². The van der Waals surface area contributed by atoms with Crippen molar-refractivity contribution in [1.82, 2.24) is 5.32 Å². The van der Waals surface area contributed by atoms with E-state index in [0.717, 1.165) is 5.56 Å². The van der Waals surface area contributed by atoms with E-state index < -0.39 is 4.92 Å². The van der Waals surface area contributed by atoms with Crippen molar-refractivity contribution < 1.29 is 9.72 Å². The Kier molecular flexibility index (Phi) is 4.52. The molecule has 0 aliphatic carbocycles. The van der Waals surface area contributed by atoms with E-state index in [-0.39, 0.29) is 22.4 Å². The first kappa shape index (κ1) is 17.1. The summed E-state index contributed by atoms with van der Waals surface area (Å²) in [7, 11) is 0. The van der Waals surface area contributed by atoms with Gasteiger partial charge in [0.15, 0.2) is 5.11 Å². The monoisotopic (exact) mass is 373 g/mol. The van der Waals surface area contributed by atoms with E-state index in [9.17, 15) is 14.9 Å². The normalized spacial score (nSPS) is 15.6. The largest absolute Gasteiger partial charge is 0.327 e. The van der Waals surface area contributed by atoms with Crippen molar-refractivity contribution in [3.05, 3.63) is 74.4 Å². The van der Waals surface area contributed by atoms with Gasteiger partial charge in [-0.05, 0) is 49.0 Å². The molecule has 0 saturated carbocycles. The minimum Gasteiger partial charge on any atom is -0.327 e. The number of halogens is 1. The quantitative estimate of drug-likeness (QED) is 0.383. The van der Waals surface area contributed by atoms with Crippen molar-refractivity contribution in [2.24, 2.45) is 0 Å². The molecule has 0 aromatic heterocycles. The number of nitrogens with one attached hydrogen (secondary N) is 1. The number of nitro groups is 1. The second-order valence-corrected chi connectivity index (χ2v) is 6.22. The molecule has 8 heteroatoms. The molecule has 0 atom stereocenters. The van der Waals surface area contributed by atoms with E-state index in [1.165, 1.54) is 29.2 Å². The van der Waals surface area contributed by atoms with E-state index in [1.807, 2.05) is 25.1 Å². The molecule has 2 aromatic carbocycles. The molecule has 3 rings (SSSR count). The Morgan fingerprint density at radius 2 is 2.04 bits per heavy atom. The summed E-state index contributed by atoms with van der Waals surface area (Å²) in [5, 5.41) is 14.3. The molecule has 25 heavy (non-hydrogen) atoms. The molecule has 1 fully saturated rings. The Balaban J connectivity index is 1.99. The Morgan fingerprint density at radius 3 is 2.72 bits per heavy atom. The second kappa shape index (κ2) is 6.62. The fraction of sp³-hybridized carbons (Fsp3) is 0.0588. The maximum absolute atomic E-state index is 12.7. The predicted molar refractivity (Wildman–Crippen MR) is 100 cm³/mol. The van der Waals surface area contributed by atoms with Gasteiger partial charge in [0.05, 0.1) is 10.6 Å². The number of carbonyl (C=O) groups excluding carboxylic acids is 1. The van der Waals surface area contributed by atoms with Gasteiger partial charge in [0, 0.05) is 22.7 Å². The summed E-state index contributed by atoms with van der Waals surface area (Å²) >= 11 is 11.3. The van der Waals surface area contributed by atoms with Gasteiger partial charge < -0.3 is 5.32 Å². The van der Waals surface area contributed by atoms with Gasteiger partial charge in [-0.1, -0.05) is 23.7 Å². The Hall–Kier alpha value is -2.77. The summed E-state index contributed by atoms with van der Waals surface area (Å²) in [6.07, 6.45) is 1.46. The maximum Gasteiger partial charge on any atom is 0.281 e. The van der Waals surface area contributed by atoms with Gasteiger partial charge >= 0.3 is 0 Å². The van der Waals surface area contributed by atoms with E-state index in [4.69, 9.17) is 23.8 Å². The minimum absolute atomic E-state index is 0.111. The van der Waals surface area contributed by atoms with Gasteiger partial charge in [-0.15, -0.1) is 0 Å². The van der Waals surface area contributed by atoms with Crippen LogP contribution in [0.1, 0.15) is 11.1 Å². The molecule has 6 nitrogen and oxygen atoms in total. The highest BCUT2D eigenvalue weighted by Crippen LogP contribution is 2.27. The molecule has 1 saturated heterocycles. The number of amides is 1. The van der Waals surface area contributed by atoms with Crippen LogP contribution in [0.3, 0.4) is 0 Å². The fourth-order valence-electron chi connectivity index (χ4n) is 2.45. The minimum atomic E-state index is -0.522. The number of nitrogens with zero attached hydrogens (tertiary/aromatic N) is 2. The van der Waals surface area contributed by atoms with Crippen LogP contribution in [0.4, 0.5) is 11.4 Å². The van der Waals surface area contributed by atoms with Crippen LogP contribution >= 0.6 is 23.8 Å². The van der Waals surface area contributed by atoms with Gasteiger partial charge in [0.25, 0.3) is 11.6 Å². The number of hydrogen-bond acceptors (Lipinski definition) is 4. The van der Waals surface area contributed by atoms with Crippen LogP contribution in [-0.4, -0.2) is 15.9 Å². The van der Waals surface area contributed by atoms with Gasteiger partial charge in [-0.3, -0.25) is 19.8 Å². The van der Waals surface area contributed by atoms with Gasteiger partial charge in [0.1, 0.15) is 5.70 Å². The third-order valence-electron chi connectivity index (χ3n) is 3.63. The van der Waals surface area contributed by atoms with Crippen LogP contribution in [0.2, 0.25) is 5.02 Å². The first-order valence-electron chi connectivity index (χ1n) is 7.24. The number of non-ortho nitro benzene ring substituents is 1. The summed E-state index contributed by atoms with van der Waals surface area (Å²) in [6.45, 7) is 1.92. The highest BCUT2D eigenvalue weighted by molar-refractivity contribution is 7.80. The van der Waals surface area contributed by atoms with Crippen molar-refractivity contribution >= 4 is 52.3 Å². The number of thiocarbonyl (C=S) groups is 1. The highest BCUT2D eigenvalue weighted by atomic mass is 35.5. The predicted octanol–water partition coefficient (Wildman–Crippen LogP) is 3.82. The van der Waals surface area contributed by atoms with E-state index in [2.05, 4.69) is 5.32 Å². The average Bonchev–Trinajstić information content (AvgIpc) is 2.83. The molecule has 0 bridgehead atoms. The second-order valence-electron chi connectivity index (χ2n) is 5.43. The Morgan fingerprint density at radius 1 is 1.28 bits per heavy atom. The molecule has 126 valence electrons. The van der Waals surface area contributed by atoms with Gasteiger partial charge in [0.2, 0.25) is 0 Å². The van der Waals surface area contributed by atoms with Crippen LogP contribution in [0.25, 0.3) is 6.08 Å². The number of hydrogen-bond donors (Lipinski definition) is 1. The average molecular weight is 374 g/mol. The third kappa shape index (κ3) is 3.38. The van der Waals surface area contributed by atoms with Crippen molar-refractivity contribution in [2.45, 2.75) is 6.92 Å². The van der Waals surface area contributed by atoms with Gasteiger partial charge in [-0.25, -0.2) is 0 Å². The molecule has 1 heterocycles. The highest BCUT2D eigenvalue weighted by Gasteiger charge is 2.32. The third-order valence-corrected chi connectivity index (χ3v) is 4.26. The summed E-state index contributed by atoms with van der Waals surface area (Å²) < 4.78 is 0. The van der Waals surface area contributed by atoms with Crippen molar-refractivity contribution in [3.8, 4) is 0 Å². The summed E-state index contributed by atoms with van der Waals surface area (Å²) in [5.74, 6) is -0.349. The first-order chi connectivity index (χ1) is 11.9. The lowest BCUT2D eigenvalue weighted by Gasteiger charge is -2.14. The molecule has 1 aliphatic rings. The molecule has 1 N–H and O–H groups in total. The van der Waals surface area contributed by atoms with Crippen molar-refractivity contribution in [1.29, 1.82) is 0 Å². The summed E-state index contributed by atoms with van der Waals surface area (Å²) in [5.41, 5.74) is 2.10. The summed E-state index contributed by atoms with van der Waals surface area (Å²) in [6, 6.07) is 11.4. The molecular weight excluding hydrogens is 362 g/mol. The topological polar surface area (TPSA) is 75.5 Å². The smallest absolute Gasteiger partial charge is 0.281 e. The lowest BCUT2D eigenvalue weighted by molar-refractivity contribution is -0.384. The summed E-state index contributed by atoms with van der Waals surface area (Å²) in [4.78, 5) is 24.5. The van der Waals surface area contributed by atoms with Crippen LogP contribution in [0.15, 0.2) is 48.2 Å². The molecule has 2 aromatic rings. The van der Waals surface area contributed by atoms with Crippen LogP contribution < -0.4 is 10.2 Å². The SMILES string of the molecule is Cc1cccc(N2C(=O)/C(=C\c3cc([N+](=O)[O-])ccc3Cl)NC2=S)c1. The number of carbonyl (C=O) groups is 1. The number of anilines is 1. The number of nitro benzene ring substituents is 1. The van der Waals surface area contributed by atoms with Crippen LogP contribution in [0.5, 0.6) is 0 Å². The fourth-order valence-corrected chi connectivity index (χ4v) is 2.92. The van der Waals surface area contributed by atoms with Gasteiger partial charge in [-0.2, -0.15) is 0 Å². The molecular formula is C17H12ClN3O3S. The molecule has 0 unspecified atom stereocenters. The maximum atomic E-state index is 12.7. The lowest BCUT2D eigenvalue weighted by atomic mass is 10.1. The molecule has 0 spiro atoms. The zero-order chi connectivity index (χ0) is 18.1. The zero-order valence-electron chi connectivity index (χ0n) is 13.0. The van der Waals surface area contributed by atoms with E-state index in [0.29, 0.717) is 16.3 Å². The lowest BCUT2D eigenvalue weighted by Crippen LogP contribution is -2.30. The molecule has 0 radical (unpaired) electrons.